The molecule has 5 aromatic rings. The monoisotopic (exact) mass is 398 g/mol. The van der Waals surface area contributed by atoms with E-state index in [0.29, 0.717) is 18.6 Å². The van der Waals surface area contributed by atoms with Crippen molar-refractivity contribution in [2.24, 2.45) is 0 Å². The summed E-state index contributed by atoms with van der Waals surface area (Å²) in [5, 5.41) is 0.928. The highest BCUT2D eigenvalue weighted by Crippen LogP contribution is 2.34. The van der Waals surface area contributed by atoms with Crippen LogP contribution in [0.2, 0.25) is 0 Å². The summed E-state index contributed by atoms with van der Waals surface area (Å²) in [6.07, 6.45) is 5.09. The lowest BCUT2D eigenvalue weighted by Crippen LogP contribution is -2.01. The quantitative estimate of drug-likeness (QED) is 0.483. The van der Waals surface area contributed by atoms with Crippen molar-refractivity contribution in [1.82, 2.24) is 24.3 Å². The molecule has 8 nitrogen and oxygen atoms in total. The molecule has 0 atom stereocenters. The molecule has 8 heteroatoms. The first-order valence-corrected chi connectivity index (χ1v) is 9.33. The molecule has 0 fully saturated rings. The van der Waals surface area contributed by atoms with Gasteiger partial charge in [-0.15, -0.1) is 0 Å². The van der Waals surface area contributed by atoms with Crippen LogP contribution in [0, 0.1) is 0 Å². The molecule has 0 saturated heterocycles. The van der Waals surface area contributed by atoms with Crippen LogP contribution in [0.1, 0.15) is 5.56 Å². The SMILES string of the molecule is COc1ccc(COc2nccc(-c3c4cccnc4n4c(N)nccc34)n2)cc1. The number of methoxy groups -OCH3 is 1. The van der Waals surface area contributed by atoms with Crippen molar-refractivity contribution in [2.75, 3.05) is 12.8 Å². The van der Waals surface area contributed by atoms with Crippen LogP contribution in [0.5, 0.6) is 11.8 Å². The van der Waals surface area contributed by atoms with Gasteiger partial charge in [0.15, 0.2) is 0 Å². The first-order valence-electron chi connectivity index (χ1n) is 9.33. The molecule has 0 saturated carbocycles. The molecule has 0 amide bonds. The molecule has 0 aliphatic carbocycles. The average Bonchev–Trinajstić information content (AvgIpc) is 3.14. The Morgan fingerprint density at radius 2 is 1.77 bits per heavy atom. The van der Waals surface area contributed by atoms with Gasteiger partial charge in [0.25, 0.3) is 0 Å². The Labute approximate surface area is 172 Å². The maximum Gasteiger partial charge on any atom is 0.317 e. The third-order valence-electron chi connectivity index (χ3n) is 4.85. The van der Waals surface area contributed by atoms with E-state index < -0.39 is 0 Å². The maximum absolute atomic E-state index is 6.12. The summed E-state index contributed by atoms with van der Waals surface area (Å²) < 4.78 is 12.8. The number of fused-ring (bicyclic) bond motifs is 3. The minimum atomic E-state index is 0.293. The second-order valence-electron chi connectivity index (χ2n) is 6.63. The van der Waals surface area contributed by atoms with Crippen LogP contribution in [0.25, 0.3) is 27.8 Å². The van der Waals surface area contributed by atoms with Crippen LogP contribution < -0.4 is 15.2 Å². The van der Waals surface area contributed by atoms with Crippen molar-refractivity contribution < 1.29 is 9.47 Å². The number of nitrogens with zero attached hydrogens (tertiary/aromatic N) is 5. The van der Waals surface area contributed by atoms with Gasteiger partial charge in [-0.1, -0.05) is 12.1 Å². The zero-order valence-electron chi connectivity index (χ0n) is 16.2. The van der Waals surface area contributed by atoms with E-state index in [9.17, 15) is 0 Å². The predicted molar refractivity (Wildman–Crippen MR) is 113 cm³/mol. The number of pyridine rings is 1. The van der Waals surface area contributed by atoms with E-state index >= 15 is 0 Å². The van der Waals surface area contributed by atoms with Gasteiger partial charge in [0, 0.05) is 29.5 Å². The molecule has 148 valence electrons. The summed E-state index contributed by atoms with van der Waals surface area (Å²) in [5.41, 5.74) is 10.3. The van der Waals surface area contributed by atoms with Gasteiger partial charge in [-0.3, -0.25) is 4.40 Å². The second kappa shape index (κ2) is 7.32. The van der Waals surface area contributed by atoms with E-state index in [4.69, 9.17) is 15.2 Å². The molecule has 4 aromatic heterocycles. The lowest BCUT2D eigenvalue weighted by molar-refractivity contribution is 0.281. The molecule has 2 N–H and O–H groups in total. The lowest BCUT2D eigenvalue weighted by atomic mass is 10.1. The average molecular weight is 398 g/mol. The van der Waals surface area contributed by atoms with Gasteiger partial charge in [0.05, 0.1) is 18.3 Å². The molecule has 0 spiro atoms. The zero-order chi connectivity index (χ0) is 20.5. The molecule has 0 aliphatic rings. The fourth-order valence-electron chi connectivity index (χ4n) is 3.45. The van der Waals surface area contributed by atoms with E-state index in [-0.39, 0.29) is 0 Å². The Kier molecular flexibility index (Phi) is 4.36. The van der Waals surface area contributed by atoms with Crippen LogP contribution in [-0.2, 0) is 6.61 Å². The summed E-state index contributed by atoms with van der Waals surface area (Å²) >= 11 is 0. The number of nitrogens with two attached hydrogens (primary N) is 1. The van der Waals surface area contributed by atoms with E-state index in [1.54, 1.807) is 25.7 Å². The normalized spacial score (nSPS) is 11.1. The summed E-state index contributed by atoms with van der Waals surface area (Å²) in [6, 6.07) is 15.6. The minimum absolute atomic E-state index is 0.293. The largest absolute Gasteiger partial charge is 0.497 e. The van der Waals surface area contributed by atoms with E-state index in [1.165, 1.54) is 0 Å². The van der Waals surface area contributed by atoms with Gasteiger partial charge in [-0.2, -0.15) is 4.98 Å². The van der Waals surface area contributed by atoms with Crippen molar-refractivity contribution in [3.05, 3.63) is 72.7 Å². The summed E-state index contributed by atoms with van der Waals surface area (Å²) in [7, 11) is 1.64. The fourth-order valence-corrected chi connectivity index (χ4v) is 3.45. The molecular formula is C22H18N6O2. The predicted octanol–water partition coefficient (Wildman–Crippen LogP) is 3.51. The van der Waals surface area contributed by atoms with Crippen LogP contribution in [0.4, 0.5) is 5.95 Å². The molecule has 30 heavy (non-hydrogen) atoms. The third kappa shape index (κ3) is 3.04. The summed E-state index contributed by atoms with van der Waals surface area (Å²) in [6.45, 7) is 0.350. The first-order chi connectivity index (χ1) is 14.7. The Bertz CT molecular complexity index is 1350. The Balaban J connectivity index is 1.53. The minimum Gasteiger partial charge on any atom is -0.497 e. The van der Waals surface area contributed by atoms with Crippen molar-refractivity contribution in [2.45, 2.75) is 6.61 Å². The van der Waals surface area contributed by atoms with E-state index in [0.717, 1.165) is 39.1 Å². The standard InChI is InChI=1S/C22H18N6O2/c1-29-15-6-4-14(5-7-15)13-30-22-26-11-8-17(27-22)19-16-3-2-10-24-20(16)28-18(19)9-12-25-21(28)23/h2-12H,13H2,1H3,(H2,23,25). The van der Waals surface area contributed by atoms with E-state index in [2.05, 4.69) is 19.9 Å². The molecule has 4 heterocycles. The number of benzene rings is 1. The van der Waals surface area contributed by atoms with Crippen LogP contribution in [0.3, 0.4) is 0 Å². The van der Waals surface area contributed by atoms with Gasteiger partial charge < -0.3 is 15.2 Å². The molecule has 0 radical (unpaired) electrons. The number of aromatic nitrogens is 5. The number of ether oxygens (including phenoxy) is 2. The maximum atomic E-state index is 6.12. The zero-order valence-corrected chi connectivity index (χ0v) is 16.2. The number of nitrogen functional groups attached to an aromatic ring is 1. The Morgan fingerprint density at radius 1 is 0.933 bits per heavy atom. The molecule has 0 aliphatic heterocycles. The van der Waals surface area contributed by atoms with Gasteiger partial charge in [0.1, 0.15) is 18.0 Å². The van der Waals surface area contributed by atoms with Gasteiger partial charge in [-0.05, 0) is 42.0 Å². The Morgan fingerprint density at radius 3 is 2.60 bits per heavy atom. The van der Waals surface area contributed by atoms with Crippen LogP contribution >= 0.6 is 0 Å². The fraction of sp³-hybridized carbons (Fsp3) is 0.0909. The van der Waals surface area contributed by atoms with Gasteiger partial charge in [0.2, 0.25) is 5.95 Å². The van der Waals surface area contributed by atoms with Crippen molar-refractivity contribution in [1.29, 1.82) is 0 Å². The number of anilines is 1. The molecular weight excluding hydrogens is 380 g/mol. The van der Waals surface area contributed by atoms with Gasteiger partial charge >= 0.3 is 6.01 Å². The summed E-state index contributed by atoms with van der Waals surface area (Å²) in [5.74, 6) is 1.17. The molecule has 0 unspecified atom stereocenters. The smallest absolute Gasteiger partial charge is 0.317 e. The van der Waals surface area contributed by atoms with Crippen LogP contribution in [0.15, 0.2) is 67.1 Å². The molecule has 1 aromatic carbocycles. The van der Waals surface area contributed by atoms with E-state index in [1.807, 2.05) is 52.9 Å². The second-order valence-corrected chi connectivity index (χ2v) is 6.63. The highest BCUT2D eigenvalue weighted by Gasteiger charge is 2.17. The van der Waals surface area contributed by atoms with Crippen molar-refractivity contribution >= 4 is 22.5 Å². The Hall–Kier alpha value is -4.20. The third-order valence-corrected chi connectivity index (χ3v) is 4.85. The highest BCUT2D eigenvalue weighted by atomic mass is 16.5. The first kappa shape index (κ1) is 17.9. The number of hydrogen-bond acceptors (Lipinski definition) is 7. The number of rotatable bonds is 5. The highest BCUT2D eigenvalue weighted by molar-refractivity contribution is 6.03. The summed E-state index contributed by atoms with van der Waals surface area (Å²) in [4.78, 5) is 17.6. The molecule has 0 bridgehead atoms. The van der Waals surface area contributed by atoms with Crippen molar-refractivity contribution in [3.8, 4) is 23.0 Å². The van der Waals surface area contributed by atoms with Crippen molar-refractivity contribution in [3.63, 3.8) is 0 Å². The van der Waals surface area contributed by atoms with Gasteiger partial charge in [-0.25, -0.2) is 15.0 Å². The topological polar surface area (TPSA) is 100 Å². The number of hydrogen-bond donors (Lipinski definition) is 1. The lowest BCUT2D eigenvalue weighted by Gasteiger charge is -2.07. The van der Waals surface area contributed by atoms with Crippen LogP contribution in [-0.4, -0.2) is 31.4 Å². The molecule has 5 rings (SSSR count).